The summed E-state index contributed by atoms with van der Waals surface area (Å²) in [4.78, 5) is 18.5. The van der Waals surface area contributed by atoms with Crippen molar-refractivity contribution in [2.24, 2.45) is 0 Å². The molecule has 39 heavy (non-hydrogen) atoms. The van der Waals surface area contributed by atoms with Crippen LogP contribution in [0.5, 0.6) is 17.2 Å². The number of hydrogen-bond acceptors (Lipinski definition) is 9. The molecule has 0 bridgehead atoms. The molecule has 11 heteroatoms. The van der Waals surface area contributed by atoms with Crippen LogP contribution in [-0.4, -0.2) is 75.8 Å². The number of carbonyl (C=O) groups excluding carboxylic acids is 1. The smallest absolute Gasteiger partial charge is 0.233 e. The van der Waals surface area contributed by atoms with Crippen LogP contribution in [0.3, 0.4) is 0 Å². The van der Waals surface area contributed by atoms with Crippen LogP contribution >= 0.6 is 23.1 Å². The number of hydrogen-bond donors (Lipinski definition) is 0. The van der Waals surface area contributed by atoms with Crippen LogP contribution < -0.4 is 14.2 Å². The fourth-order valence-corrected chi connectivity index (χ4v) is 6.24. The van der Waals surface area contributed by atoms with Gasteiger partial charge in [0.25, 0.3) is 0 Å². The molecule has 0 unspecified atom stereocenters. The van der Waals surface area contributed by atoms with Gasteiger partial charge in [-0.25, -0.2) is 0 Å². The van der Waals surface area contributed by atoms with Crippen molar-refractivity contribution in [3.63, 3.8) is 0 Å². The van der Waals surface area contributed by atoms with E-state index in [1.807, 2.05) is 70.3 Å². The number of piperazine rings is 1. The summed E-state index contributed by atoms with van der Waals surface area (Å²) < 4.78 is 18.5. The number of thioether (sulfide) groups is 1. The summed E-state index contributed by atoms with van der Waals surface area (Å²) in [6.45, 7) is 6.75. The summed E-state index contributed by atoms with van der Waals surface area (Å²) in [5, 5.41) is 11.7. The number of benzene rings is 2. The Labute approximate surface area is 235 Å². The minimum absolute atomic E-state index is 0.113. The molecule has 2 aliphatic heterocycles. The van der Waals surface area contributed by atoms with Crippen molar-refractivity contribution in [1.82, 2.24) is 24.6 Å². The number of fused-ring (bicyclic) bond motifs is 1. The number of aromatic nitrogens is 3. The molecule has 0 aliphatic carbocycles. The molecule has 1 amide bonds. The predicted octanol–water partition coefficient (Wildman–Crippen LogP) is 4.56. The van der Waals surface area contributed by atoms with E-state index >= 15 is 0 Å². The Hall–Kier alpha value is -3.54. The second-order valence-electron chi connectivity index (χ2n) is 9.18. The van der Waals surface area contributed by atoms with Crippen molar-refractivity contribution >= 4 is 29.0 Å². The van der Waals surface area contributed by atoms with Crippen LogP contribution in [0.2, 0.25) is 0 Å². The lowest BCUT2D eigenvalue weighted by molar-refractivity contribution is -0.130. The third kappa shape index (κ3) is 5.75. The van der Waals surface area contributed by atoms with E-state index in [-0.39, 0.29) is 12.7 Å². The molecule has 4 heterocycles. The van der Waals surface area contributed by atoms with Crippen molar-refractivity contribution in [3.05, 3.63) is 65.5 Å². The maximum absolute atomic E-state index is 13.1. The van der Waals surface area contributed by atoms with Gasteiger partial charge in [0.2, 0.25) is 12.7 Å². The molecule has 2 aromatic heterocycles. The highest BCUT2D eigenvalue weighted by molar-refractivity contribution is 7.99. The first-order valence-electron chi connectivity index (χ1n) is 12.9. The fraction of sp³-hybridized carbons (Fsp3) is 0.321. The second-order valence-corrected chi connectivity index (χ2v) is 11.1. The molecule has 9 nitrogen and oxygen atoms in total. The topological polar surface area (TPSA) is 82.0 Å². The molecule has 0 N–H and O–H groups in total. The van der Waals surface area contributed by atoms with Crippen molar-refractivity contribution in [2.75, 3.05) is 45.3 Å². The molecule has 0 spiro atoms. The van der Waals surface area contributed by atoms with E-state index in [2.05, 4.69) is 21.2 Å². The van der Waals surface area contributed by atoms with E-state index in [1.54, 1.807) is 11.3 Å². The van der Waals surface area contributed by atoms with Gasteiger partial charge < -0.3 is 19.1 Å². The molecule has 2 aliphatic rings. The van der Waals surface area contributed by atoms with Crippen LogP contribution in [0.15, 0.2) is 65.1 Å². The largest absolute Gasteiger partial charge is 0.494 e. The highest BCUT2D eigenvalue weighted by Gasteiger charge is 2.24. The first-order chi connectivity index (χ1) is 19.2. The van der Waals surface area contributed by atoms with Gasteiger partial charge in [0, 0.05) is 32.7 Å². The number of thiophene rings is 1. The van der Waals surface area contributed by atoms with Crippen molar-refractivity contribution in [3.8, 4) is 33.6 Å². The lowest BCUT2D eigenvalue weighted by Crippen LogP contribution is -2.48. The summed E-state index contributed by atoms with van der Waals surface area (Å²) in [6.07, 6.45) is 0. The fourth-order valence-electron chi connectivity index (χ4n) is 4.69. The summed E-state index contributed by atoms with van der Waals surface area (Å²) in [6, 6.07) is 18.0. The SMILES string of the molecule is CCOc1ccc(-n2c(SCC(=O)N3CCN(Cc4ccc5c(c4)OCO5)CC3)nnc2-c2cccs2)cc1. The zero-order chi connectivity index (χ0) is 26.6. The summed E-state index contributed by atoms with van der Waals surface area (Å²) >= 11 is 3.04. The van der Waals surface area contributed by atoms with Gasteiger partial charge in [-0.3, -0.25) is 14.3 Å². The first-order valence-corrected chi connectivity index (χ1v) is 14.8. The number of amides is 1. The van der Waals surface area contributed by atoms with Crippen LogP contribution in [0, 0.1) is 0 Å². The monoisotopic (exact) mass is 563 g/mol. The standard InChI is InChI=1S/C28H29N5O4S2/c1-2-35-22-8-6-21(7-9-22)33-27(25-4-3-15-38-25)29-30-28(33)39-18-26(34)32-13-11-31(12-14-32)17-20-5-10-23-24(16-20)37-19-36-23/h3-10,15-16H,2,11-14,17-19H2,1H3. The average molecular weight is 564 g/mol. The van der Waals surface area contributed by atoms with Gasteiger partial charge in [0.15, 0.2) is 22.5 Å². The van der Waals surface area contributed by atoms with E-state index in [9.17, 15) is 4.79 Å². The minimum atomic E-state index is 0.113. The number of ether oxygens (including phenoxy) is 3. The average Bonchev–Trinajstić information content (AvgIpc) is 3.73. The number of nitrogens with zero attached hydrogens (tertiary/aromatic N) is 5. The normalized spacial score (nSPS) is 15.1. The Morgan fingerprint density at radius 1 is 1.03 bits per heavy atom. The van der Waals surface area contributed by atoms with Crippen LogP contribution in [0.25, 0.3) is 16.4 Å². The number of carbonyl (C=O) groups is 1. The van der Waals surface area contributed by atoms with E-state index in [0.29, 0.717) is 30.6 Å². The van der Waals surface area contributed by atoms with E-state index in [4.69, 9.17) is 14.2 Å². The number of rotatable bonds is 9. The van der Waals surface area contributed by atoms with Gasteiger partial charge >= 0.3 is 0 Å². The highest BCUT2D eigenvalue weighted by Crippen LogP contribution is 2.33. The van der Waals surface area contributed by atoms with Gasteiger partial charge in [-0.05, 0) is 60.3 Å². The maximum atomic E-state index is 13.1. The summed E-state index contributed by atoms with van der Waals surface area (Å²) in [5.41, 5.74) is 2.11. The zero-order valence-corrected chi connectivity index (χ0v) is 23.2. The first kappa shape index (κ1) is 25.7. The van der Waals surface area contributed by atoms with Gasteiger partial charge in [-0.15, -0.1) is 21.5 Å². The van der Waals surface area contributed by atoms with Crippen LogP contribution in [0.1, 0.15) is 12.5 Å². The van der Waals surface area contributed by atoms with Crippen LogP contribution in [0.4, 0.5) is 0 Å². The molecule has 0 atom stereocenters. The molecular weight excluding hydrogens is 534 g/mol. The molecule has 6 rings (SSSR count). The molecule has 4 aromatic rings. The van der Waals surface area contributed by atoms with Crippen molar-refractivity contribution < 1.29 is 19.0 Å². The second kappa shape index (κ2) is 11.7. The van der Waals surface area contributed by atoms with E-state index < -0.39 is 0 Å². The highest BCUT2D eigenvalue weighted by atomic mass is 32.2. The lowest BCUT2D eigenvalue weighted by Gasteiger charge is -2.34. The third-order valence-corrected chi connectivity index (χ3v) is 8.45. The molecule has 1 fully saturated rings. The summed E-state index contributed by atoms with van der Waals surface area (Å²) in [5.74, 6) is 3.60. The summed E-state index contributed by atoms with van der Waals surface area (Å²) in [7, 11) is 0. The van der Waals surface area contributed by atoms with Crippen LogP contribution in [-0.2, 0) is 11.3 Å². The Morgan fingerprint density at radius 2 is 1.85 bits per heavy atom. The van der Waals surface area contributed by atoms with Gasteiger partial charge in [0.05, 0.1) is 22.9 Å². The van der Waals surface area contributed by atoms with E-state index in [0.717, 1.165) is 53.3 Å². The van der Waals surface area contributed by atoms with Gasteiger partial charge in [-0.1, -0.05) is 23.9 Å². The Kier molecular flexibility index (Phi) is 7.71. The molecule has 0 radical (unpaired) electrons. The Balaban J connectivity index is 1.08. The minimum Gasteiger partial charge on any atom is -0.494 e. The molecule has 2 aromatic carbocycles. The maximum Gasteiger partial charge on any atom is 0.233 e. The quantitative estimate of drug-likeness (QED) is 0.274. The molecular formula is C28H29N5O4S2. The van der Waals surface area contributed by atoms with Crippen molar-refractivity contribution in [1.29, 1.82) is 0 Å². The van der Waals surface area contributed by atoms with Gasteiger partial charge in [0.1, 0.15) is 5.75 Å². The zero-order valence-electron chi connectivity index (χ0n) is 21.6. The third-order valence-electron chi connectivity index (χ3n) is 6.67. The van der Waals surface area contributed by atoms with Gasteiger partial charge in [-0.2, -0.15) is 0 Å². The van der Waals surface area contributed by atoms with E-state index in [1.165, 1.54) is 17.3 Å². The molecule has 202 valence electrons. The Bertz CT molecular complexity index is 1420. The van der Waals surface area contributed by atoms with Crippen molar-refractivity contribution in [2.45, 2.75) is 18.6 Å². The molecule has 0 saturated carbocycles. The Morgan fingerprint density at radius 3 is 2.62 bits per heavy atom. The molecule has 1 saturated heterocycles. The predicted molar refractivity (Wildman–Crippen MR) is 151 cm³/mol. The lowest BCUT2D eigenvalue weighted by atomic mass is 10.1.